The highest BCUT2D eigenvalue weighted by atomic mass is 16.5. The van der Waals surface area contributed by atoms with Crippen molar-refractivity contribution in [3.63, 3.8) is 0 Å². The van der Waals surface area contributed by atoms with Gasteiger partial charge in [-0.3, -0.25) is 9.48 Å². The van der Waals surface area contributed by atoms with Gasteiger partial charge in [0.2, 0.25) is 0 Å². The third-order valence-electron chi connectivity index (χ3n) is 3.42. The Bertz CT molecular complexity index is 613. The fourth-order valence-corrected chi connectivity index (χ4v) is 2.36. The summed E-state index contributed by atoms with van der Waals surface area (Å²) in [7, 11) is 0. The van der Waals surface area contributed by atoms with Gasteiger partial charge in [-0.2, -0.15) is 5.10 Å². The number of aryl methyl sites for hydroxylation is 1. The number of ether oxygens (including phenoxy) is 1. The lowest BCUT2D eigenvalue weighted by molar-refractivity contribution is 0.00401. The zero-order valence-electron chi connectivity index (χ0n) is 11.9. The number of nitrogens with one attached hydrogen (secondary N) is 1. The number of hydrogen-bond acceptors (Lipinski definition) is 5. The van der Waals surface area contributed by atoms with Gasteiger partial charge in [0.25, 0.3) is 5.91 Å². The standard InChI is InChI=1S/C14H18N4O3/c1-10-6-13(17-21-10)14(19)16-11-7-15-18(8-11)9-12-4-2-3-5-20-12/h6-8,12H,2-5,9H2,1H3,(H,16,19). The van der Waals surface area contributed by atoms with Crippen molar-refractivity contribution in [2.24, 2.45) is 0 Å². The molecule has 0 radical (unpaired) electrons. The molecule has 2 aromatic heterocycles. The van der Waals surface area contributed by atoms with Crippen LogP contribution in [0.25, 0.3) is 0 Å². The zero-order valence-corrected chi connectivity index (χ0v) is 11.9. The van der Waals surface area contributed by atoms with E-state index in [0.717, 1.165) is 19.4 Å². The van der Waals surface area contributed by atoms with E-state index >= 15 is 0 Å². The SMILES string of the molecule is Cc1cc(C(=O)Nc2cnn(CC3CCCCO3)c2)no1. The quantitative estimate of drug-likeness (QED) is 0.931. The lowest BCUT2D eigenvalue weighted by Gasteiger charge is -2.22. The molecule has 3 heterocycles. The first-order chi connectivity index (χ1) is 10.2. The predicted molar refractivity (Wildman–Crippen MR) is 75.0 cm³/mol. The smallest absolute Gasteiger partial charge is 0.277 e. The van der Waals surface area contributed by atoms with Gasteiger partial charge in [0.1, 0.15) is 5.76 Å². The number of nitrogens with zero attached hydrogens (tertiary/aromatic N) is 3. The van der Waals surface area contributed by atoms with Crippen LogP contribution >= 0.6 is 0 Å². The Hall–Kier alpha value is -2.15. The molecule has 3 rings (SSSR count). The minimum absolute atomic E-state index is 0.209. The molecule has 1 atom stereocenters. The van der Waals surface area contributed by atoms with E-state index in [9.17, 15) is 4.79 Å². The molecule has 0 aromatic carbocycles. The van der Waals surface area contributed by atoms with Crippen LogP contribution in [-0.2, 0) is 11.3 Å². The molecule has 1 fully saturated rings. The van der Waals surface area contributed by atoms with Gasteiger partial charge in [-0.15, -0.1) is 0 Å². The number of anilines is 1. The normalized spacial score (nSPS) is 18.6. The molecule has 112 valence electrons. The van der Waals surface area contributed by atoms with Crippen molar-refractivity contribution in [1.29, 1.82) is 0 Å². The first-order valence-electron chi connectivity index (χ1n) is 7.09. The van der Waals surface area contributed by atoms with Gasteiger partial charge < -0.3 is 14.6 Å². The number of carbonyl (C=O) groups excluding carboxylic acids is 1. The zero-order chi connectivity index (χ0) is 14.7. The lowest BCUT2D eigenvalue weighted by atomic mass is 10.1. The van der Waals surface area contributed by atoms with Crippen LogP contribution < -0.4 is 5.32 Å². The summed E-state index contributed by atoms with van der Waals surface area (Å²) in [6.45, 7) is 3.27. The van der Waals surface area contributed by atoms with Gasteiger partial charge in [-0.25, -0.2) is 0 Å². The highest BCUT2D eigenvalue weighted by molar-refractivity contribution is 6.02. The lowest BCUT2D eigenvalue weighted by Crippen LogP contribution is -2.24. The summed E-state index contributed by atoms with van der Waals surface area (Å²) in [6, 6.07) is 1.59. The van der Waals surface area contributed by atoms with Crippen molar-refractivity contribution in [2.45, 2.75) is 38.8 Å². The second-order valence-corrected chi connectivity index (χ2v) is 5.22. The molecule has 0 bridgehead atoms. The van der Waals surface area contributed by atoms with E-state index in [-0.39, 0.29) is 17.7 Å². The molecule has 0 saturated carbocycles. The van der Waals surface area contributed by atoms with Gasteiger partial charge >= 0.3 is 0 Å². The number of hydrogen-bond donors (Lipinski definition) is 1. The second-order valence-electron chi connectivity index (χ2n) is 5.22. The molecule has 7 nitrogen and oxygen atoms in total. The van der Waals surface area contributed by atoms with E-state index in [1.54, 1.807) is 30.1 Å². The Morgan fingerprint density at radius 2 is 2.43 bits per heavy atom. The van der Waals surface area contributed by atoms with E-state index < -0.39 is 0 Å². The predicted octanol–water partition coefficient (Wildman–Crippen LogP) is 2.00. The molecule has 1 aliphatic rings. The number of carbonyl (C=O) groups is 1. The molecule has 1 amide bonds. The molecule has 0 aliphatic carbocycles. The van der Waals surface area contributed by atoms with E-state index in [0.29, 0.717) is 18.0 Å². The molecule has 1 N–H and O–H groups in total. The highest BCUT2D eigenvalue weighted by Gasteiger charge is 2.16. The third-order valence-corrected chi connectivity index (χ3v) is 3.42. The Morgan fingerprint density at radius 1 is 1.52 bits per heavy atom. The summed E-state index contributed by atoms with van der Waals surface area (Å²) in [5.41, 5.74) is 0.896. The minimum Gasteiger partial charge on any atom is -0.376 e. The van der Waals surface area contributed by atoms with E-state index in [1.165, 1.54) is 6.42 Å². The first kappa shape index (κ1) is 13.8. The monoisotopic (exact) mass is 290 g/mol. The molecular formula is C14H18N4O3. The third kappa shape index (κ3) is 3.49. The molecular weight excluding hydrogens is 272 g/mol. The van der Waals surface area contributed by atoms with Crippen LogP contribution in [0.4, 0.5) is 5.69 Å². The van der Waals surface area contributed by atoms with Gasteiger partial charge in [-0.05, 0) is 26.2 Å². The average Bonchev–Trinajstić information content (AvgIpc) is 3.09. The number of aromatic nitrogens is 3. The van der Waals surface area contributed by atoms with Crippen molar-refractivity contribution < 1.29 is 14.1 Å². The molecule has 1 saturated heterocycles. The molecule has 1 unspecified atom stereocenters. The maximum atomic E-state index is 11.9. The van der Waals surface area contributed by atoms with Crippen molar-refractivity contribution >= 4 is 11.6 Å². The van der Waals surface area contributed by atoms with Crippen LogP contribution in [-0.4, -0.2) is 33.6 Å². The van der Waals surface area contributed by atoms with Crippen LogP contribution in [0.5, 0.6) is 0 Å². The van der Waals surface area contributed by atoms with E-state index in [4.69, 9.17) is 9.26 Å². The van der Waals surface area contributed by atoms with Gasteiger partial charge in [0.05, 0.1) is 24.5 Å². The summed E-state index contributed by atoms with van der Waals surface area (Å²) in [4.78, 5) is 11.9. The second kappa shape index (κ2) is 6.09. The van der Waals surface area contributed by atoms with Crippen LogP contribution in [0.3, 0.4) is 0 Å². The van der Waals surface area contributed by atoms with Gasteiger partial charge in [0.15, 0.2) is 5.69 Å². The molecule has 21 heavy (non-hydrogen) atoms. The van der Waals surface area contributed by atoms with Crippen LogP contribution in [0.2, 0.25) is 0 Å². The highest BCUT2D eigenvalue weighted by Crippen LogP contribution is 2.15. The van der Waals surface area contributed by atoms with Gasteiger partial charge in [-0.1, -0.05) is 5.16 Å². The number of amides is 1. The van der Waals surface area contributed by atoms with Crippen molar-refractivity contribution in [2.75, 3.05) is 11.9 Å². The summed E-state index contributed by atoms with van der Waals surface area (Å²) < 4.78 is 12.3. The molecule has 7 heteroatoms. The minimum atomic E-state index is -0.305. The Labute approximate surface area is 122 Å². The maximum absolute atomic E-state index is 11.9. The first-order valence-corrected chi connectivity index (χ1v) is 7.09. The van der Waals surface area contributed by atoms with Crippen LogP contribution in [0.1, 0.15) is 35.5 Å². The Morgan fingerprint density at radius 3 is 3.14 bits per heavy atom. The molecule has 0 spiro atoms. The van der Waals surface area contributed by atoms with E-state index in [2.05, 4.69) is 15.6 Å². The average molecular weight is 290 g/mol. The van der Waals surface area contributed by atoms with Crippen molar-refractivity contribution in [1.82, 2.24) is 14.9 Å². The summed E-state index contributed by atoms with van der Waals surface area (Å²) in [5, 5.41) is 10.7. The summed E-state index contributed by atoms with van der Waals surface area (Å²) in [6.07, 6.45) is 7.01. The van der Waals surface area contributed by atoms with Crippen molar-refractivity contribution in [3.8, 4) is 0 Å². The Kier molecular flexibility index (Phi) is 4.01. The largest absolute Gasteiger partial charge is 0.376 e. The molecule has 2 aromatic rings. The summed E-state index contributed by atoms with van der Waals surface area (Å²) >= 11 is 0. The summed E-state index contributed by atoms with van der Waals surface area (Å²) in [5.74, 6) is 0.297. The molecule has 1 aliphatic heterocycles. The fourth-order valence-electron chi connectivity index (χ4n) is 2.36. The maximum Gasteiger partial charge on any atom is 0.277 e. The van der Waals surface area contributed by atoms with Crippen LogP contribution in [0, 0.1) is 6.92 Å². The topological polar surface area (TPSA) is 82.2 Å². The van der Waals surface area contributed by atoms with Crippen molar-refractivity contribution in [3.05, 3.63) is 29.9 Å². The number of rotatable bonds is 4. The van der Waals surface area contributed by atoms with E-state index in [1.807, 2.05) is 0 Å². The van der Waals surface area contributed by atoms with Crippen LogP contribution in [0.15, 0.2) is 23.0 Å². The Balaban J connectivity index is 1.58. The fraction of sp³-hybridized carbons (Fsp3) is 0.500. The van der Waals surface area contributed by atoms with Gasteiger partial charge in [0, 0.05) is 18.9 Å².